The van der Waals surface area contributed by atoms with Crippen molar-refractivity contribution in [3.05, 3.63) is 29.6 Å². The van der Waals surface area contributed by atoms with Gasteiger partial charge in [-0.05, 0) is 19.4 Å². The number of allylic oxidation sites excluding steroid dienone is 1. The van der Waals surface area contributed by atoms with Gasteiger partial charge in [-0.15, -0.1) is 6.58 Å². The Balaban J connectivity index is 3.07. The smallest absolute Gasteiger partial charge is 0.0693 e. The van der Waals surface area contributed by atoms with E-state index in [-0.39, 0.29) is 0 Å². The molecule has 1 aromatic rings. The van der Waals surface area contributed by atoms with Crippen molar-refractivity contribution in [1.29, 1.82) is 0 Å². The van der Waals surface area contributed by atoms with Gasteiger partial charge < -0.3 is 0 Å². The SMILES string of the molecule is C=CCc1nn(C)c(C)c1C. The Bertz CT molecular complexity index is 271. The third-order valence-electron chi connectivity index (χ3n) is 2.07. The highest BCUT2D eigenvalue weighted by molar-refractivity contribution is 5.24. The summed E-state index contributed by atoms with van der Waals surface area (Å²) in [6.07, 6.45) is 2.75. The summed E-state index contributed by atoms with van der Waals surface area (Å²) in [7, 11) is 1.97. The standard InChI is InChI=1S/C9H14N2/c1-5-6-9-7(2)8(3)11(4)10-9/h5H,1,6H2,2-4H3. The number of nitrogens with zero attached hydrogens (tertiary/aromatic N) is 2. The Kier molecular flexibility index (Phi) is 2.13. The van der Waals surface area contributed by atoms with Crippen molar-refractivity contribution in [1.82, 2.24) is 9.78 Å². The molecule has 0 aliphatic heterocycles. The van der Waals surface area contributed by atoms with E-state index in [9.17, 15) is 0 Å². The first-order chi connectivity index (χ1) is 5.16. The zero-order valence-electron chi connectivity index (χ0n) is 7.39. The normalized spacial score (nSPS) is 10.1. The van der Waals surface area contributed by atoms with Crippen LogP contribution in [0.2, 0.25) is 0 Å². The van der Waals surface area contributed by atoms with Gasteiger partial charge in [-0.1, -0.05) is 6.08 Å². The van der Waals surface area contributed by atoms with Crippen LogP contribution in [0.4, 0.5) is 0 Å². The van der Waals surface area contributed by atoms with E-state index in [0.717, 1.165) is 12.1 Å². The summed E-state index contributed by atoms with van der Waals surface area (Å²) in [4.78, 5) is 0. The van der Waals surface area contributed by atoms with E-state index < -0.39 is 0 Å². The van der Waals surface area contributed by atoms with Crippen molar-refractivity contribution in [3.63, 3.8) is 0 Å². The fraction of sp³-hybridized carbons (Fsp3) is 0.444. The van der Waals surface area contributed by atoms with Crippen molar-refractivity contribution >= 4 is 0 Å². The van der Waals surface area contributed by atoms with Crippen molar-refractivity contribution in [2.24, 2.45) is 7.05 Å². The Morgan fingerprint density at radius 2 is 2.18 bits per heavy atom. The molecule has 11 heavy (non-hydrogen) atoms. The zero-order valence-corrected chi connectivity index (χ0v) is 7.39. The predicted octanol–water partition coefficient (Wildman–Crippen LogP) is 1.77. The van der Waals surface area contributed by atoms with Gasteiger partial charge in [-0.2, -0.15) is 5.10 Å². The Morgan fingerprint density at radius 3 is 2.55 bits per heavy atom. The van der Waals surface area contributed by atoms with Gasteiger partial charge in [0.1, 0.15) is 0 Å². The highest BCUT2D eigenvalue weighted by atomic mass is 15.3. The molecule has 0 amide bonds. The quantitative estimate of drug-likeness (QED) is 0.587. The molecule has 0 unspecified atom stereocenters. The molecule has 1 rings (SSSR count). The van der Waals surface area contributed by atoms with E-state index in [1.54, 1.807) is 0 Å². The van der Waals surface area contributed by atoms with E-state index in [1.807, 2.05) is 17.8 Å². The van der Waals surface area contributed by atoms with Crippen LogP contribution in [0.3, 0.4) is 0 Å². The number of hydrogen-bond acceptors (Lipinski definition) is 1. The summed E-state index contributed by atoms with van der Waals surface area (Å²) in [6.45, 7) is 7.86. The van der Waals surface area contributed by atoms with E-state index in [4.69, 9.17) is 0 Å². The summed E-state index contributed by atoms with van der Waals surface area (Å²) in [5.41, 5.74) is 3.66. The van der Waals surface area contributed by atoms with Gasteiger partial charge in [0, 0.05) is 19.2 Å². The molecular formula is C9H14N2. The number of hydrogen-bond donors (Lipinski definition) is 0. The topological polar surface area (TPSA) is 17.8 Å². The zero-order chi connectivity index (χ0) is 8.43. The largest absolute Gasteiger partial charge is 0.272 e. The van der Waals surface area contributed by atoms with Crippen LogP contribution in [0.25, 0.3) is 0 Å². The molecular weight excluding hydrogens is 136 g/mol. The summed E-state index contributed by atoms with van der Waals surface area (Å²) in [5.74, 6) is 0. The second-order valence-electron chi connectivity index (χ2n) is 2.77. The molecule has 2 nitrogen and oxygen atoms in total. The average Bonchev–Trinajstić information content (AvgIpc) is 2.19. The molecule has 1 heterocycles. The van der Waals surface area contributed by atoms with E-state index >= 15 is 0 Å². The van der Waals surface area contributed by atoms with Crippen LogP contribution >= 0.6 is 0 Å². The van der Waals surface area contributed by atoms with Crippen LogP contribution in [0.1, 0.15) is 17.0 Å². The van der Waals surface area contributed by atoms with Gasteiger partial charge in [0.2, 0.25) is 0 Å². The van der Waals surface area contributed by atoms with E-state index in [2.05, 4.69) is 25.5 Å². The van der Waals surface area contributed by atoms with Crippen LogP contribution in [-0.2, 0) is 13.5 Å². The third kappa shape index (κ3) is 1.34. The van der Waals surface area contributed by atoms with Gasteiger partial charge in [0.15, 0.2) is 0 Å². The van der Waals surface area contributed by atoms with Crippen LogP contribution < -0.4 is 0 Å². The fourth-order valence-electron chi connectivity index (χ4n) is 1.11. The van der Waals surface area contributed by atoms with E-state index in [0.29, 0.717) is 0 Å². The van der Waals surface area contributed by atoms with Crippen LogP contribution in [-0.4, -0.2) is 9.78 Å². The molecule has 1 aromatic heterocycles. The van der Waals surface area contributed by atoms with Crippen molar-refractivity contribution in [3.8, 4) is 0 Å². The Labute approximate surface area is 67.5 Å². The minimum absolute atomic E-state index is 0.869. The lowest BCUT2D eigenvalue weighted by Crippen LogP contribution is -1.93. The third-order valence-corrected chi connectivity index (χ3v) is 2.07. The predicted molar refractivity (Wildman–Crippen MR) is 46.6 cm³/mol. The minimum Gasteiger partial charge on any atom is -0.272 e. The minimum atomic E-state index is 0.869. The van der Waals surface area contributed by atoms with Gasteiger partial charge in [0.25, 0.3) is 0 Å². The first-order valence-electron chi connectivity index (χ1n) is 3.76. The molecule has 0 bridgehead atoms. The highest BCUT2D eigenvalue weighted by Gasteiger charge is 2.05. The molecule has 0 spiro atoms. The molecule has 0 N–H and O–H groups in total. The molecule has 0 aliphatic rings. The lowest BCUT2D eigenvalue weighted by Gasteiger charge is -1.91. The van der Waals surface area contributed by atoms with Crippen LogP contribution in [0.5, 0.6) is 0 Å². The second-order valence-corrected chi connectivity index (χ2v) is 2.77. The first-order valence-corrected chi connectivity index (χ1v) is 3.76. The molecule has 60 valence electrons. The van der Waals surface area contributed by atoms with E-state index in [1.165, 1.54) is 11.3 Å². The number of aryl methyl sites for hydroxylation is 1. The van der Waals surface area contributed by atoms with Crippen molar-refractivity contribution in [2.75, 3.05) is 0 Å². The van der Waals surface area contributed by atoms with Gasteiger partial charge in [0.05, 0.1) is 5.69 Å². The first kappa shape index (κ1) is 8.05. The maximum atomic E-state index is 4.34. The van der Waals surface area contributed by atoms with Crippen LogP contribution in [0.15, 0.2) is 12.7 Å². The summed E-state index contributed by atoms with van der Waals surface area (Å²) in [6, 6.07) is 0. The highest BCUT2D eigenvalue weighted by Crippen LogP contribution is 2.11. The fourth-order valence-corrected chi connectivity index (χ4v) is 1.11. The summed E-state index contributed by atoms with van der Waals surface area (Å²) < 4.78 is 1.91. The Hall–Kier alpha value is -1.05. The number of aromatic nitrogens is 2. The molecule has 2 heteroatoms. The van der Waals surface area contributed by atoms with Gasteiger partial charge >= 0.3 is 0 Å². The molecule has 0 saturated heterocycles. The van der Waals surface area contributed by atoms with Crippen molar-refractivity contribution < 1.29 is 0 Å². The molecule has 0 aliphatic carbocycles. The number of rotatable bonds is 2. The maximum Gasteiger partial charge on any atom is 0.0693 e. The van der Waals surface area contributed by atoms with Crippen LogP contribution in [0, 0.1) is 13.8 Å². The Morgan fingerprint density at radius 1 is 1.55 bits per heavy atom. The molecule has 0 fully saturated rings. The average molecular weight is 150 g/mol. The maximum absolute atomic E-state index is 4.34. The monoisotopic (exact) mass is 150 g/mol. The van der Waals surface area contributed by atoms with Crippen molar-refractivity contribution in [2.45, 2.75) is 20.3 Å². The second kappa shape index (κ2) is 2.91. The molecule has 0 radical (unpaired) electrons. The van der Waals surface area contributed by atoms with Gasteiger partial charge in [-0.3, -0.25) is 4.68 Å². The lowest BCUT2D eigenvalue weighted by molar-refractivity contribution is 0.726. The molecule has 0 atom stereocenters. The summed E-state index contributed by atoms with van der Waals surface area (Å²) in [5, 5.41) is 4.34. The summed E-state index contributed by atoms with van der Waals surface area (Å²) >= 11 is 0. The molecule has 0 aromatic carbocycles. The van der Waals surface area contributed by atoms with Gasteiger partial charge in [-0.25, -0.2) is 0 Å². The molecule has 0 saturated carbocycles. The lowest BCUT2D eigenvalue weighted by atomic mass is 10.2.